The summed E-state index contributed by atoms with van der Waals surface area (Å²) < 4.78 is 25.4. The molecular weight excluding hydrogens is 320 g/mol. The van der Waals surface area contributed by atoms with Crippen LogP contribution in [-0.4, -0.2) is 47.6 Å². The smallest absolute Gasteiger partial charge is 0.213 e. The van der Waals surface area contributed by atoms with Gasteiger partial charge in [0, 0.05) is 24.0 Å². The number of nitrogens with zero attached hydrogens (tertiary/aromatic N) is 3. The van der Waals surface area contributed by atoms with Crippen LogP contribution >= 0.6 is 11.3 Å². The normalized spacial score (nSPS) is 17.9. The van der Waals surface area contributed by atoms with Crippen molar-refractivity contribution >= 4 is 37.4 Å². The molecule has 2 aromatic rings. The van der Waals surface area contributed by atoms with Gasteiger partial charge >= 0.3 is 0 Å². The number of rotatable bonds is 4. The van der Waals surface area contributed by atoms with Crippen molar-refractivity contribution in [3.63, 3.8) is 0 Å². The maximum absolute atomic E-state index is 11.9. The van der Waals surface area contributed by atoms with E-state index >= 15 is 0 Å². The first-order valence-electron chi connectivity index (χ1n) is 7.45. The van der Waals surface area contributed by atoms with Crippen LogP contribution in [0.25, 0.3) is 10.2 Å². The minimum Gasteiger partial charge on any atom is -0.367 e. The Morgan fingerprint density at radius 2 is 2.09 bits per heavy atom. The van der Waals surface area contributed by atoms with Crippen LogP contribution in [0.3, 0.4) is 0 Å². The second-order valence-corrected chi connectivity index (χ2v) is 9.01. The summed E-state index contributed by atoms with van der Waals surface area (Å²) in [5.41, 5.74) is 0. The van der Waals surface area contributed by atoms with Gasteiger partial charge in [0.15, 0.2) is 0 Å². The summed E-state index contributed by atoms with van der Waals surface area (Å²) in [5.74, 6) is 1.03. The first-order valence-corrected chi connectivity index (χ1v) is 9.87. The van der Waals surface area contributed by atoms with Crippen molar-refractivity contribution in [3.8, 4) is 0 Å². The molecule has 22 heavy (non-hydrogen) atoms. The van der Waals surface area contributed by atoms with Gasteiger partial charge in [0.1, 0.15) is 17.0 Å². The Labute approximate surface area is 134 Å². The highest BCUT2D eigenvalue weighted by molar-refractivity contribution is 7.89. The highest BCUT2D eigenvalue weighted by Crippen LogP contribution is 2.28. The first kappa shape index (κ1) is 15.6. The van der Waals surface area contributed by atoms with Crippen LogP contribution < -0.4 is 5.32 Å². The Balaban J connectivity index is 1.70. The van der Waals surface area contributed by atoms with Crippen molar-refractivity contribution in [2.24, 2.45) is 0 Å². The number of hydrogen-bond acceptors (Lipinski definition) is 6. The third-order valence-corrected chi connectivity index (χ3v) is 6.85. The van der Waals surface area contributed by atoms with Gasteiger partial charge in [-0.3, -0.25) is 0 Å². The molecular formula is C14H20N4O2S2. The molecule has 0 aliphatic carbocycles. The molecule has 0 radical (unpaired) electrons. The van der Waals surface area contributed by atoms with Gasteiger partial charge in [0.05, 0.1) is 11.1 Å². The summed E-state index contributed by atoms with van der Waals surface area (Å²) in [7, 11) is -3.07. The Bertz CT molecular complexity index is 764. The number of fused-ring (bicyclic) bond motifs is 1. The summed E-state index contributed by atoms with van der Waals surface area (Å²) >= 11 is 1.66. The molecule has 1 saturated heterocycles. The molecule has 0 bridgehead atoms. The van der Waals surface area contributed by atoms with Gasteiger partial charge in [0.25, 0.3) is 0 Å². The molecule has 3 rings (SSSR count). The number of nitrogens with one attached hydrogen (secondary N) is 1. The molecule has 0 saturated carbocycles. The lowest BCUT2D eigenvalue weighted by atomic mass is 10.1. The fraction of sp³-hybridized carbons (Fsp3) is 0.571. The van der Waals surface area contributed by atoms with E-state index < -0.39 is 10.0 Å². The van der Waals surface area contributed by atoms with Gasteiger partial charge in [-0.1, -0.05) is 0 Å². The van der Waals surface area contributed by atoms with Crippen molar-refractivity contribution < 1.29 is 8.42 Å². The second-order valence-electron chi connectivity index (χ2n) is 5.52. The largest absolute Gasteiger partial charge is 0.367 e. The minimum absolute atomic E-state index is 0.172. The third-order valence-electron chi connectivity index (χ3n) is 4.01. The zero-order valence-corrected chi connectivity index (χ0v) is 14.4. The predicted molar refractivity (Wildman–Crippen MR) is 89.8 cm³/mol. The van der Waals surface area contributed by atoms with Gasteiger partial charge in [0.2, 0.25) is 10.0 Å². The maximum Gasteiger partial charge on any atom is 0.213 e. The van der Waals surface area contributed by atoms with Crippen molar-refractivity contribution in [1.29, 1.82) is 0 Å². The van der Waals surface area contributed by atoms with Crippen LogP contribution in [-0.2, 0) is 10.0 Å². The fourth-order valence-corrected chi connectivity index (χ4v) is 4.72. The van der Waals surface area contributed by atoms with Gasteiger partial charge in [-0.05, 0) is 32.8 Å². The quantitative estimate of drug-likeness (QED) is 0.924. The Hall–Kier alpha value is -1.25. The van der Waals surface area contributed by atoms with Crippen LogP contribution in [0.15, 0.2) is 12.4 Å². The third kappa shape index (κ3) is 3.09. The van der Waals surface area contributed by atoms with Gasteiger partial charge in [-0.2, -0.15) is 0 Å². The highest BCUT2D eigenvalue weighted by atomic mass is 32.2. The standard InChI is InChI=1S/C14H20N4O2S2/c1-3-22(19,20)18-6-4-11(5-7-18)17-13-12-8-10(2)21-14(12)16-9-15-13/h8-9,11H,3-7H2,1-2H3,(H,15,16,17). The van der Waals surface area contributed by atoms with E-state index in [1.165, 1.54) is 4.88 Å². The van der Waals surface area contributed by atoms with E-state index in [0.29, 0.717) is 13.1 Å². The molecule has 0 atom stereocenters. The maximum atomic E-state index is 11.9. The molecule has 1 N–H and O–H groups in total. The Morgan fingerprint density at radius 1 is 1.36 bits per heavy atom. The molecule has 1 aliphatic rings. The molecule has 2 aromatic heterocycles. The summed E-state index contributed by atoms with van der Waals surface area (Å²) in [6.07, 6.45) is 3.18. The molecule has 1 aliphatic heterocycles. The SMILES string of the molecule is CCS(=O)(=O)N1CCC(Nc2ncnc3sc(C)cc23)CC1. The van der Waals surface area contributed by atoms with E-state index in [2.05, 4.69) is 28.3 Å². The average molecular weight is 340 g/mol. The fourth-order valence-electron chi connectivity index (χ4n) is 2.75. The molecule has 0 aromatic carbocycles. The number of thiophene rings is 1. The van der Waals surface area contributed by atoms with E-state index in [-0.39, 0.29) is 11.8 Å². The lowest BCUT2D eigenvalue weighted by Gasteiger charge is -2.31. The number of anilines is 1. The summed E-state index contributed by atoms with van der Waals surface area (Å²) in [6.45, 7) is 4.90. The molecule has 8 heteroatoms. The summed E-state index contributed by atoms with van der Waals surface area (Å²) in [6, 6.07) is 2.35. The molecule has 120 valence electrons. The highest BCUT2D eigenvalue weighted by Gasteiger charge is 2.27. The van der Waals surface area contributed by atoms with Gasteiger partial charge < -0.3 is 5.32 Å². The molecule has 0 spiro atoms. The average Bonchev–Trinajstić information content (AvgIpc) is 2.89. The minimum atomic E-state index is -3.07. The van der Waals surface area contributed by atoms with E-state index in [1.54, 1.807) is 28.9 Å². The summed E-state index contributed by atoms with van der Waals surface area (Å²) in [4.78, 5) is 10.8. The van der Waals surface area contributed by atoms with E-state index in [9.17, 15) is 8.42 Å². The van der Waals surface area contributed by atoms with Crippen molar-refractivity contribution in [2.75, 3.05) is 24.2 Å². The number of aryl methyl sites for hydroxylation is 1. The Kier molecular flexibility index (Phi) is 4.33. The number of aromatic nitrogens is 2. The zero-order valence-electron chi connectivity index (χ0n) is 12.7. The molecule has 1 fully saturated rings. The van der Waals surface area contributed by atoms with Crippen molar-refractivity contribution in [3.05, 3.63) is 17.3 Å². The Morgan fingerprint density at radius 3 is 2.77 bits per heavy atom. The number of sulfonamides is 1. The lowest BCUT2D eigenvalue weighted by molar-refractivity contribution is 0.330. The van der Waals surface area contributed by atoms with E-state index in [1.807, 2.05) is 0 Å². The molecule has 0 amide bonds. The van der Waals surface area contributed by atoms with Crippen LogP contribution in [0.1, 0.15) is 24.6 Å². The first-order chi connectivity index (χ1) is 10.5. The topological polar surface area (TPSA) is 75.2 Å². The molecule has 3 heterocycles. The van der Waals surface area contributed by atoms with E-state index in [0.717, 1.165) is 28.9 Å². The monoisotopic (exact) mass is 340 g/mol. The van der Waals surface area contributed by atoms with Crippen molar-refractivity contribution in [2.45, 2.75) is 32.7 Å². The zero-order chi connectivity index (χ0) is 15.7. The second kappa shape index (κ2) is 6.10. The summed E-state index contributed by atoms with van der Waals surface area (Å²) in [5, 5.41) is 4.51. The van der Waals surface area contributed by atoms with Crippen LogP contribution in [0.5, 0.6) is 0 Å². The lowest BCUT2D eigenvalue weighted by Crippen LogP contribution is -2.43. The molecule has 0 unspecified atom stereocenters. The van der Waals surface area contributed by atoms with Gasteiger partial charge in [-0.25, -0.2) is 22.7 Å². The van der Waals surface area contributed by atoms with E-state index in [4.69, 9.17) is 0 Å². The number of hydrogen-bond donors (Lipinski definition) is 1. The predicted octanol–water partition coefficient (Wildman–Crippen LogP) is 2.23. The van der Waals surface area contributed by atoms with Crippen LogP contribution in [0, 0.1) is 6.92 Å². The van der Waals surface area contributed by atoms with Crippen molar-refractivity contribution in [1.82, 2.24) is 14.3 Å². The van der Waals surface area contributed by atoms with Gasteiger partial charge in [-0.15, -0.1) is 11.3 Å². The molecule has 6 nitrogen and oxygen atoms in total. The number of piperidine rings is 1. The van der Waals surface area contributed by atoms with Crippen LogP contribution in [0.4, 0.5) is 5.82 Å². The van der Waals surface area contributed by atoms with Crippen LogP contribution in [0.2, 0.25) is 0 Å².